The van der Waals surface area contributed by atoms with Crippen LogP contribution in [0.15, 0.2) is 18.2 Å². The van der Waals surface area contributed by atoms with Crippen molar-refractivity contribution in [3.05, 3.63) is 23.4 Å². The normalized spacial score (nSPS) is 13.3. The van der Waals surface area contributed by atoms with Crippen molar-refractivity contribution in [3.63, 3.8) is 0 Å². The second kappa shape index (κ2) is 4.80. The number of rotatable bonds is 2. The van der Waals surface area contributed by atoms with Crippen molar-refractivity contribution in [3.8, 4) is 0 Å². The van der Waals surface area contributed by atoms with Gasteiger partial charge in [-0.15, -0.1) is 0 Å². The van der Waals surface area contributed by atoms with Crippen LogP contribution in [0.25, 0.3) is 0 Å². The van der Waals surface area contributed by atoms with Crippen molar-refractivity contribution < 1.29 is 4.79 Å². The SMILES string of the molecule is CC(C)(C)[C@H](N)C(=O)Nc1cccc(Cl)n1. The molecule has 0 spiro atoms. The van der Waals surface area contributed by atoms with Gasteiger partial charge in [0.05, 0.1) is 6.04 Å². The predicted octanol–water partition coefficient (Wildman–Crippen LogP) is 2.05. The van der Waals surface area contributed by atoms with Crippen molar-refractivity contribution in [2.75, 3.05) is 5.32 Å². The van der Waals surface area contributed by atoms with Gasteiger partial charge in [0, 0.05) is 0 Å². The van der Waals surface area contributed by atoms with E-state index in [4.69, 9.17) is 17.3 Å². The van der Waals surface area contributed by atoms with Crippen LogP contribution in [-0.4, -0.2) is 16.9 Å². The lowest BCUT2D eigenvalue weighted by molar-refractivity contribution is -0.119. The Balaban J connectivity index is 2.72. The van der Waals surface area contributed by atoms with Crippen LogP contribution in [0.1, 0.15) is 20.8 Å². The van der Waals surface area contributed by atoms with E-state index in [1.807, 2.05) is 20.8 Å². The van der Waals surface area contributed by atoms with Gasteiger partial charge in [-0.05, 0) is 17.5 Å². The summed E-state index contributed by atoms with van der Waals surface area (Å²) in [4.78, 5) is 15.7. The summed E-state index contributed by atoms with van der Waals surface area (Å²) < 4.78 is 0. The van der Waals surface area contributed by atoms with E-state index >= 15 is 0 Å². The third-order valence-electron chi connectivity index (χ3n) is 2.18. The molecule has 0 saturated carbocycles. The maximum Gasteiger partial charge on any atom is 0.242 e. The molecule has 0 unspecified atom stereocenters. The van der Waals surface area contributed by atoms with Crippen molar-refractivity contribution in [2.45, 2.75) is 26.8 Å². The third kappa shape index (κ3) is 3.47. The van der Waals surface area contributed by atoms with Gasteiger partial charge < -0.3 is 11.1 Å². The standard InChI is InChI=1S/C11H16ClN3O/c1-11(2,3)9(13)10(16)15-8-6-4-5-7(12)14-8/h4-6,9H,13H2,1-3H3,(H,14,15,16)/t9-/m1/s1. The van der Waals surface area contributed by atoms with E-state index in [9.17, 15) is 4.79 Å². The minimum Gasteiger partial charge on any atom is -0.319 e. The quantitative estimate of drug-likeness (QED) is 0.779. The third-order valence-corrected chi connectivity index (χ3v) is 2.39. The Kier molecular flexibility index (Phi) is 3.88. The van der Waals surface area contributed by atoms with Crippen molar-refractivity contribution in [1.29, 1.82) is 0 Å². The predicted molar refractivity (Wildman–Crippen MR) is 65.3 cm³/mol. The fraction of sp³-hybridized carbons (Fsp3) is 0.455. The van der Waals surface area contributed by atoms with Gasteiger partial charge in [0.1, 0.15) is 11.0 Å². The molecule has 0 aliphatic heterocycles. The Bertz CT molecular complexity index is 387. The first-order valence-electron chi connectivity index (χ1n) is 5.00. The molecule has 4 nitrogen and oxygen atoms in total. The second-order valence-electron chi connectivity index (χ2n) is 4.68. The number of aromatic nitrogens is 1. The smallest absolute Gasteiger partial charge is 0.242 e. The highest BCUT2D eigenvalue weighted by Gasteiger charge is 2.27. The van der Waals surface area contributed by atoms with E-state index in [-0.39, 0.29) is 11.3 Å². The zero-order chi connectivity index (χ0) is 12.3. The largest absolute Gasteiger partial charge is 0.319 e. The number of pyridine rings is 1. The van der Waals surface area contributed by atoms with Gasteiger partial charge in [-0.25, -0.2) is 4.98 Å². The number of carbonyl (C=O) groups excluding carboxylic acids is 1. The number of nitrogens with one attached hydrogen (secondary N) is 1. The molecular formula is C11H16ClN3O. The molecule has 1 amide bonds. The van der Waals surface area contributed by atoms with E-state index in [1.165, 1.54) is 0 Å². The van der Waals surface area contributed by atoms with E-state index in [1.54, 1.807) is 18.2 Å². The summed E-state index contributed by atoms with van der Waals surface area (Å²) in [7, 11) is 0. The van der Waals surface area contributed by atoms with E-state index in [2.05, 4.69) is 10.3 Å². The van der Waals surface area contributed by atoms with Crippen LogP contribution in [0.4, 0.5) is 5.82 Å². The molecule has 1 rings (SSSR count). The summed E-state index contributed by atoms with van der Waals surface area (Å²) in [6.45, 7) is 5.72. The summed E-state index contributed by atoms with van der Waals surface area (Å²) in [5, 5.41) is 2.96. The van der Waals surface area contributed by atoms with Crippen LogP contribution in [0.3, 0.4) is 0 Å². The molecule has 1 aromatic heterocycles. The Morgan fingerprint density at radius 3 is 2.62 bits per heavy atom. The summed E-state index contributed by atoms with van der Waals surface area (Å²) in [5.74, 6) is 0.152. The maximum atomic E-state index is 11.8. The first kappa shape index (κ1) is 12.9. The molecule has 0 aliphatic carbocycles. The van der Waals surface area contributed by atoms with Gasteiger partial charge in [0.25, 0.3) is 0 Å². The number of halogens is 1. The van der Waals surface area contributed by atoms with Gasteiger partial charge in [-0.1, -0.05) is 38.4 Å². The molecule has 0 aromatic carbocycles. The highest BCUT2D eigenvalue weighted by molar-refractivity contribution is 6.29. The molecule has 0 aliphatic rings. The number of amides is 1. The lowest BCUT2D eigenvalue weighted by Gasteiger charge is -2.25. The van der Waals surface area contributed by atoms with Gasteiger partial charge in [0.2, 0.25) is 5.91 Å². The number of anilines is 1. The molecule has 88 valence electrons. The fourth-order valence-electron chi connectivity index (χ4n) is 1.08. The molecule has 0 saturated heterocycles. The summed E-state index contributed by atoms with van der Waals surface area (Å²) >= 11 is 5.70. The average Bonchev–Trinajstić information content (AvgIpc) is 2.15. The van der Waals surface area contributed by atoms with Crippen LogP contribution >= 0.6 is 11.6 Å². The van der Waals surface area contributed by atoms with Crippen LogP contribution in [0, 0.1) is 5.41 Å². The first-order chi connectivity index (χ1) is 7.30. The average molecular weight is 242 g/mol. The molecule has 3 N–H and O–H groups in total. The molecule has 1 aromatic rings. The molecule has 1 atom stereocenters. The molecule has 16 heavy (non-hydrogen) atoms. The van der Waals surface area contributed by atoms with Crippen molar-refractivity contribution in [2.24, 2.45) is 11.1 Å². The number of carbonyl (C=O) groups is 1. The fourth-order valence-corrected chi connectivity index (χ4v) is 1.24. The molecule has 0 bridgehead atoms. The Labute approximate surface area is 100 Å². The molecule has 0 fully saturated rings. The first-order valence-corrected chi connectivity index (χ1v) is 5.37. The number of hydrogen-bond donors (Lipinski definition) is 2. The number of nitrogens with two attached hydrogens (primary N) is 1. The Hall–Kier alpha value is -1.13. The molecule has 1 heterocycles. The van der Waals surface area contributed by atoms with Crippen LogP contribution < -0.4 is 11.1 Å². The molecule has 0 radical (unpaired) electrons. The van der Waals surface area contributed by atoms with Gasteiger partial charge in [-0.3, -0.25) is 4.79 Å². The summed E-state index contributed by atoms with van der Waals surface area (Å²) in [5.41, 5.74) is 5.52. The second-order valence-corrected chi connectivity index (χ2v) is 5.07. The minimum absolute atomic E-state index is 0.262. The minimum atomic E-state index is -0.590. The number of hydrogen-bond acceptors (Lipinski definition) is 3. The van der Waals surface area contributed by atoms with Crippen LogP contribution in [-0.2, 0) is 4.79 Å². The Morgan fingerprint density at radius 1 is 1.50 bits per heavy atom. The van der Waals surface area contributed by atoms with Crippen LogP contribution in [0.5, 0.6) is 0 Å². The highest BCUT2D eigenvalue weighted by atomic mass is 35.5. The Morgan fingerprint density at radius 2 is 2.12 bits per heavy atom. The number of nitrogens with zero attached hydrogens (tertiary/aromatic N) is 1. The monoisotopic (exact) mass is 241 g/mol. The van der Waals surface area contributed by atoms with Crippen LogP contribution in [0.2, 0.25) is 5.15 Å². The van der Waals surface area contributed by atoms with E-state index in [0.717, 1.165) is 0 Å². The lowest BCUT2D eigenvalue weighted by atomic mass is 9.87. The van der Waals surface area contributed by atoms with Crippen molar-refractivity contribution >= 4 is 23.3 Å². The van der Waals surface area contributed by atoms with Gasteiger partial charge in [0.15, 0.2) is 0 Å². The summed E-state index contributed by atoms with van der Waals surface area (Å²) in [6.07, 6.45) is 0. The van der Waals surface area contributed by atoms with E-state index in [0.29, 0.717) is 11.0 Å². The van der Waals surface area contributed by atoms with E-state index < -0.39 is 6.04 Å². The maximum absolute atomic E-state index is 11.8. The molecular weight excluding hydrogens is 226 g/mol. The zero-order valence-corrected chi connectivity index (χ0v) is 10.4. The van der Waals surface area contributed by atoms with Crippen molar-refractivity contribution in [1.82, 2.24) is 4.98 Å². The highest BCUT2D eigenvalue weighted by Crippen LogP contribution is 2.18. The topological polar surface area (TPSA) is 68.0 Å². The molecule has 5 heteroatoms. The summed E-state index contributed by atoms with van der Waals surface area (Å²) in [6, 6.07) is 4.43. The van der Waals surface area contributed by atoms with Gasteiger partial charge in [-0.2, -0.15) is 0 Å². The zero-order valence-electron chi connectivity index (χ0n) is 9.62. The van der Waals surface area contributed by atoms with Gasteiger partial charge >= 0.3 is 0 Å². The lowest BCUT2D eigenvalue weighted by Crippen LogP contribution is -2.45.